The number of pyridine rings is 1. The van der Waals surface area contributed by atoms with Gasteiger partial charge in [0.05, 0.1) is 0 Å². The van der Waals surface area contributed by atoms with Gasteiger partial charge in [0.2, 0.25) is 0 Å². The van der Waals surface area contributed by atoms with Gasteiger partial charge in [0, 0.05) is 23.6 Å². The molecule has 3 heteroatoms. The van der Waals surface area contributed by atoms with Crippen molar-refractivity contribution in [2.75, 3.05) is 0 Å². The number of aromatic nitrogens is 1. The Morgan fingerprint density at radius 2 is 2.33 bits per heavy atom. The van der Waals surface area contributed by atoms with Gasteiger partial charge in [0.1, 0.15) is 0 Å². The lowest BCUT2D eigenvalue weighted by atomic mass is 10.2. The molecule has 0 aliphatic heterocycles. The Morgan fingerprint density at radius 1 is 1.58 bits per heavy atom. The zero-order chi connectivity index (χ0) is 8.97. The normalized spacial score (nSPS) is 12.9. The Morgan fingerprint density at radius 3 is 2.83 bits per heavy atom. The third-order valence-electron chi connectivity index (χ3n) is 1.70. The van der Waals surface area contributed by atoms with Crippen LogP contribution in [0.3, 0.4) is 0 Å². The van der Waals surface area contributed by atoms with Gasteiger partial charge in [-0.1, -0.05) is 24.9 Å². The number of rotatable bonds is 3. The molecule has 0 aliphatic carbocycles. The molecule has 0 fully saturated rings. The summed E-state index contributed by atoms with van der Waals surface area (Å²) in [6, 6.07) is 4.14. The molecule has 0 aromatic carbocycles. The van der Waals surface area contributed by atoms with Crippen LogP contribution in [0.2, 0.25) is 0 Å². The van der Waals surface area contributed by atoms with E-state index in [1.54, 1.807) is 0 Å². The molecule has 1 rings (SSSR count). The second kappa shape index (κ2) is 4.48. The maximum absolute atomic E-state index is 5.44. The molecule has 0 aliphatic rings. The van der Waals surface area contributed by atoms with Gasteiger partial charge in [0.15, 0.2) is 0 Å². The summed E-state index contributed by atoms with van der Waals surface area (Å²) in [7, 11) is 0. The van der Waals surface area contributed by atoms with Crippen molar-refractivity contribution in [2.24, 2.45) is 5.14 Å². The smallest absolute Gasteiger partial charge is 0.0415 e. The van der Waals surface area contributed by atoms with E-state index in [4.69, 9.17) is 5.14 Å². The fourth-order valence-electron chi connectivity index (χ4n) is 0.962. The Bertz CT molecular complexity index is 233. The SMILES string of the molecule is Cc1ccc(CC(C)SN)nc1. The van der Waals surface area contributed by atoms with Gasteiger partial charge in [-0.05, 0) is 18.6 Å². The van der Waals surface area contributed by atoms with Crippen LogP contribution < -0.4 is 5.14 Å². The van der Waals surface area contributed by atoms with Gasteiger partial charge in [-0.15, -0.1) is 0 Å². The summed E-state index contributed by atoms with van der Waals surface area (Å²) < 4.78 is 0. The summed E-state index contributed by atoms with van der Waals surface area (Å²) in [5.74, 6) is 0. The molecule has 1 atom stereocenters. The van der Waals surface area contributed by atoms with E-state index in [2.05, 4.69) is 24.0 Å². The minimum Gasteiger partial charge on any atom is -0.278 e. The first-order valence-corrected chi connectivity index (χ1v) is 4.93. The van der Waals surface area contributed by atoms with Gasteiger partial charge >= 0.3 is 0 Å². The van der Waals surface area contributed by atoms with Crippen molar-refractivity contribution in [1.29, 1.82) is 0 Å². The quantitative estimate of drug-likeness (QED) is 0.726. The number of nitrogens with zero attached hydrogens (tertiary/aromatic N) is 1. The second-order valence-corrected chi connectivity index (χ2v) is 4.05. The molecular formula is C9H14N2S. The average Bonchev–Trinajstić information content (AvgIpc) is 2.09. The van der Waals surface area contributed by atoms with Crippen LogP contribution in [0.25, 0.3) is 0 Å². The van der Waals surface area contributed by atoms with Crippen molar-refractivity contribution < 1.29 is 0 Å². The summed E-state index contributed by atoms with van der Waals surface area (Å²) >= 11 is 1.38. The van der Waals surface area contributed by atoms with Crippen molar-refractivity contribution in [3.8, 4) is 0 Å². The molecule has 2 N–H and O–H groups in total. The number of aryl methyl sites for hydroxylation is 1. The van der Waals surface area contributed by atoms with Crippen LogP contribution >= 0.6 is 11.9 Å². The van der Waals surface area contributed by atoms with Gasteiger partial charge in [-0.2, -0.15) is 0 Å². The first kappa shape index (κ1) is 9.55. The first-order valence-electron chi connectivity index (χ1n) is 3.99. The Kier molecular flexibility index (Phi) is 3.56. The zero-order valence-electron chi connectivity index (χ0n) is 7.45. The predicted molar refractivity (Wildman–Crippen MR) is 53.9 cm³/mol. The molecule has 1 heterocycles. The van der Waals surface area contributed by atoms with Gasteiger partial charge < -0.3 is 0 Å². The van der Waals surface area contributed by atoms with Crippen LogP contribution in [-0.4, -0.2) is 10.2 Å². The van der Waals surface area contributed by atoms with Crippen LogP contribution in [-0.2, 0) is 6.42 Å². The van der Waals surface area contributed by atoms with E-state index in [1.165, 1.54) is 17.5 Å². The van der Waals surface area contributed by atoms with Gasteiger partial charge in [0.25, 0.3) is 0 Å². The maximum atomic E-state index is 5.44. The standard InChI is InChI=1S/C9H14N2S/c1-7-3-4-9(11-6-7)5-8(2)12-10/h3-4,6,8H,5,10H2,1-2H3. The molecule has 1 aromatic heterocycles. The van der Waals surface area contributed by atoms with E-state index >= 15 is 0 Å². The van der Waals surface area contributed by atoms with E-state index in [0.29, 0.717) is 5.25 Å². The van der Waals surface area contributed by atoms with E-state index in [0.717, 1.165) is 12.1 Å². The topological polar surface area (TPSA) is 38.9 Å². The highest BCUT2D eigenvalue weighted by Gasteiger charge is 2.01. The molecule has 12 heavy (non-hydrogen) atoms. The van der Waals surface area contributed by atoms with E-state index in [-0.39, 0.29) is 0 Å². The lowest BCUT2D eigenvalue weighted by Crippen LogP contribution is -2.05. The highest BCUT2D eigenvalue weighted by molar-refractivity contribution is 7.97. The second-order valence-electron chi connectivity index (χ2n) is 2.98. The lowest BCUT2D eigenvalue weighted by Gasteiger charge is -2.06. The molecule has 0 saturated carbocycles. The van der Waals surface area contributed by atoms with Crippen LogP contribution in [0, 0.1) is 6.92 Å². The van der Waals surface area contributed by atoms with Crippen molar-refractivity contribution in [1.82, 2.24) is 4.98 Å². The van der Waals surface area contributed by atoms with Crippen LogP contribution in [0.1, 0.15) is 18.2 Å². The molecule has 0 spiro atoms. The highest BCUT2D eigenvalue weighted by atomic mass is 32.2. The number of nitrogens with two attached hydrogens (primary N) is 1. The molecule has 0 radical (unpaired) electrons. The highest BCUT2D eigenvalue weighted by Crippen LogP contribution is 2.09. The predicted octanol–water partition coefficient (Wildman–Crippen LogP) is 1.93. The molecule has 1 aromatic rings. The Hall–Kier alpha value is -0.540. The van der Waals surface area contributed by atoms with Gasteiger partial charge in [-0.3, -0.25) is 10.1 Å². The summed E-state index contributed by atoms with van der Waals surface area (Å²) in [6.45, 7) is 4.14. The monoisotopic (exact) mass is 182 g/mol. The molecule has 0 bridgehead atoms. The van der Waals surface area contributed by atoms with Crippen LogP contribution in [0.4, 0.5) is 0 Å². The Balaban J connectivity index is 2.58. The number of hydrogen-bond donors (Lipinski definition) is 1. The fraction of sp³-hybridized carbons (Fsp3) is 0.444. The van der Waals surface area contributed by atoms with E-state index in [1.807, 2.05) is 13.1 Å². The van der Waals surface area contributed by atoms with E-state index in [9.17, 15) is 0 Å². The van der Waals surface area contributed by atoms with Crippen LogP contribution in [0.15, 0.2) is 18.3 Å². The average molecular weight is 182 g/mol. The third-order valence-corrected chi connectivity index (χ3v) is 2.33. The van der Waals surface area contributed by atoms with E-state index < -0.39 is 0 Å². The molecule has 1 unspecified atom stereocenters. The minimum atomic E-state index is 0.445. The summed E-state index contributed by atoms with van der Waals surface area (Å²) in [4.78, 5) is 4.30. The van der Waals surface area contributed by atoms with Crippen LogP contribution in [0.5, 0.6) is 0 Å². The summed E-state index contributed by atoms with van der Waals surface area (Å²) in [5, 5.41) is 5.88. The third kappa shape index (κ3) is 2.83. The van der Waals surface area contributed by atoms with Crippen molar-refractivity contribution in [3.63, 3.8) is 0 Å². The van der Waals surface area contributed by atoms with Crippen molar-refractivity contribution >= 4 is 11.9 Å². The fourth-order valence-corrected chi connectivity index (χ4v) is 1.23. The molecular weight excluding hydrogens is 168 g/mol. The summed E-state index contributed by atoms with van der Waals surface area (Å²) in [6.07, 6.45) is 2.84. The maximum Gasteiger partial charge on any atom is 0.0415 e. The van der Waals surface area contributed by atoms with Crippen molar-refractivity contribution in [2.45, 2.75) is 25.5 Å². The largest absolute Gasteiger partial charge is 0.278 e. The van der Waals surface area contributed by atoms with Gasteiger partial charge in [-0.25, -0.2) is 0 Å². The van der Waals surface area contributed by atoms with Crippen molar-refractivity contribution in [3.05, 3.63) is 29.6 Å². The molecule has 0 amide bonds. The molecule has 0 saturated heterocycles. The minimum absolute atomic E-state index is 0.445. The zero-order valence-corrected chi connectivity index (χ0v) is 8.27. The Labute approximate surface area is 77.7 Å². The molecule has 2 nitrogen and oxygen atoms in total. The lowest BCUT2D eigenvalue weighted by molar-refractivity contribution is 0.899. The summed E-state index contributed by atoms with van der Waals surface area (Å²) in [5.41, 5.74) is 2.32. The molecule has 66 valence electrons. The first-order chi connectivity index (χ1) is 5.72. The number of hydrogen-bond acceptors (Lipinski definition) is 3.